The molecule has 0 fully saturated rings. The van der Waals surface area contributed by atoms with E-state index in [1.165, 1.54) is 17.0 Å². The highest BCUT2D eigenvalue weighted by Crippen LogP contribution is 2.04. The number of benzene rings is 1. The molecule has 0 saturated heterocycles. The van der Waals surface area contributed by atoms with Crippen molar-refractivity contribution in [2.24, 2.45) is 0 Å². The van der Waals surface area contributed by atoms with Crippen LogP contribution in [0.2, 0.25) is 19.6 Å². The fourth-order valence-electron chi connectivity index (χ4n) is 1.83. The lowest BCUT2D eigenvalue weighted by Gasteiger charge is -2.16. The molecule has 0 aliphatic carbocycles. The molecule has 0 aliphatic heterocycles. The Hall–Kier alpha value is -0.693. The summed E-state index contributed by atoms with van der Waals surface area (Å²) < 4.78 is 24.2. The van der Waals surface area contributed by atoms with E-state index in [9.17, 15) is 8.42 Å². The van der Waals surface area contributed by atoms with Crippen molar-refractivity contribution in [3.8, 4) is 0 Å². The van der Waals surface area contributed by atoms with Gasteiger partial charge in [-0.25, -0.2) is 13.1 Å². The first-order chi connectivity index (χ1) is 9.18. The lowest BCUT2D eigenvalue weighted by molar-refractivity contribution is 0.579. The molecule has 1 rings (SSSR count). The smallest absolute Gasteiger partial charge is 0.208 e. The Morgan fingerprint density at radius 1 is 1.05 bits per heavy atom. The van der Waals surface area contributed by atoms with E-state index in [-0.39, 0.29) is 0 Å². The molecule has 1 aromatic rings. The summed E-state index contributed by atoms with van der Waals surface area (Å²) in [6.07, 6.45) is 1.97. The Morgan fingerprint density at radius 3 is 2.15 bits per heavy atom. The van der Waals surface area contributed by atoms with Gasteiger partial charge in [0.1, 0.15) is 0 Å². The van der Waals surface area contributed by atoms with Crippen LogP contribution in [0.25, 0.3) is 0 Å². The normalized spacial score (nSPS) is 12.6. The molecule has 0 bridgehead atoms. The third-order valence-electron chi connectivity index (χ3n) is 3.04. The first-order valence-corrected chi connectivity index (χ1v) is 12.3. The molecule has 6 heteroatoms. The largest absolute Gasteiger partial charge is 0.313 e. The maximum Gasteiger partial charge on any atom is 0.208 e. The van der Waals surface area contributed by atoms with Crippen molar-refractivity contribution in [1.82, 2.24) is 10.0 Å². The SMILES string of the molecule is C[Si](C)(C)c1ccc(CNCCCNS(C)(=O)=O)cc1. The number of sulfonamides is 1. The molecule has 0 amide bonds. The molecule has 0 atom stereocenters. The predicted molar refractivity (Wildman–Crippen MR) is 88.6 cm³/mol. The molecule has 2 N–H and O–H groups in total. The molecule has 0 aromatic heterocycles. The fraction of sp³-hybridized carbons (Fsp3) is 0.571. The second-order valence-electron chi connectivity index (χ2n) is 6.14. The molecular formula is C14H26N2O2SSi. The minimum absolute atomic E-state index is 0.487. The van der Waals surface area contributed by atoms with Gasteiger partial charge in [0.2, 0.25) is 10.0 Å². The van der Waals surface area contributed by atoms with Crippen molar-refractivity contribution >= 4 is 23.3 Å². The summed E-state index contributed by atoms with van der Waals surface area (Å²) in [6.45, 7) is 9.14. The second kappa shape index (κ2) is 7.35. The van der Waals surface area contributed by atoms with Gasteiger partial charge in [0, 0.05) is 13.1 Å². The lowest BCUT2D eigenvalue weighted by Crippen LogP contribution is -2.37. The molecule has 0 heterocycles. The van der Waals surface area contributed by atoms with E-state index >= 15 is 0 Å². The quantitative estimate of drug-likeness (QED) is 0.561. The van der Waals surface area contributed by atoms with Gasteiger partial charge < -0.3 is 5.32 Å². The van der Waals surface area contributed by atoms with Gasteiger partial charge in [-0.15, -0.1) is 0 Å². The molecule has 0 radical (unpaired) electrons. The summed E-state index contributed by atoms with van der Waals surface area (Å²) in [5.74, 6) is 0. The van der Waals surface area contributed by atoms with Crippen molar-refractivity contribution in [1.29, 1.82) is 0 Å². The van der Waals surface area contributed by atoms with E-state index in [2.05, 4.69) is 53.9 Å². The average Bonchev–Trinajstić information content (AvgIpc) is 2.32. The van der Waals surface area contributed by atoms with Crippen LogP contribution < -0.4 is 15.2 Å². The van der Waals surface area contributed by atoms with Gasteiger partial charge in [0.05, 0.1) is 14.3 Å². The third kappa shape index (κ3) is 7.19. The zero-order chi connectivity index (χ0) is 15.2. The average molecular weight is 315 g/mol. The Labute approximate surface area is 124 Å². The Kier molecular flexibility index (Phi) is 6.38. The van der Waals surface area contributed by atoms with Gasteiger partial charge >= 0.3 is 0 Å². The molecule has 1 aromatic carbocycles. The van der Waals surface area contributed by atoms with E-state index < -0.39 is 18.1 Å². The Morgan fingerprint density at radius 2 is 1.65 bits per heavy atom. The van der Waals surface area contributed by atoms with Crippen LogP contribution in [0.1, 0.15) is 12.0 Å². The first kappa shape index (κ1) is 17.4. The molecule has 0 spiro atoms. The summed E-state index contributed by atoms with van der Waals surface area (Å²) in [4.78, 5) is 0. The van der Waals surface area contributed by atoms with Crippen LogP contribution in [-0.2, 0) is 16.6 Å². The van der Waals surface area contributed by atoms with Gasteiger partial charge in [0.25, 0.3) is 0 Å². The maximum atomic E-state index is 10.9. The van der Waals surface area contributed by atoms with E-state index in [1.54, 1.807) is 0 Å². The van der Waals surface area contributed by atoms with Crippen LogP contribution in [-0.4, -0.2) is 35.8 Å². The third-order valence-corrected chi connectivity index (χ3v) is 5.84. The van der Waals surface area contributed by atoms with Gasteiger partial charge in [-0.05, 0) is 18.5 Å². The van der Waals surface area contributed by atoms with Crippen molar-refractivity contribution in [3.63, 3.8) is 0 Å². The number of nitrogens with one attached hydrogen (secondary N) is 2. The minimum Gasteiger partial charge on any atom is -0.313 e. The zero-order valence-corrected chi connectivity index (χ0v) is 14.7. The van der Waals surface area contributed by atoms with E-state index in [0.717, 1.165) is 19.5 Å². The van der Waals surface area contributed by atoms with Crippen LogP contribution in [0, 0.1) is 0 Å². The van der Waals surface area contributed by atoms with Gasteiger partial charge in [-0.2, -0.15) is 0 Å². The monoisotopic (exact) mass is 314 g/mol. The Bertz CT molecular complexity index is 507. The van der Waals surface area contributed by atoms with Gasteiger partial charge in [-0.3, -0.25) is 0 Å². The number of hydrogen-bond donors (Lipinski definition) is 2. The van der Waals surface area contributed by atoms with Crippen molar-refractivity contribution in [2.75, 3.05) is 19.3 Å². The number of rotatable bonds is 8. The summed E-state index contributed by atoms with van der Waals surface area (Å²) in [6, 6.07) is 8.81. The predicted octanol–water partition coefficient (Wildman–Crippen LogP) is 1.26. The molecule has 0 unspecified atom stereocenters. The summed E-state index contributed by atoms with van der Waals surface area (Å²) in [7, 11) is -4.26. The molecule has 0 aliphatic rings. The minimum atomic E-state index is -3.06. The van der Waals surface area contributed by atoms with Crippen LogP contribution in [0.3, 0.4) is 0 Å². The van der Waals surface area contributed by atoms with E-state index in [4.69, 9.17) is 0 Å². The molecule has 4 nitrogen and oxygen atoms in total. The first-order valence-electron chi connectivity index (χ1n) is 6.93. The van der Waals surface area contributed by atoms with Gasteiger partial charge in [-0.1, -0.05) is 49.1 Å². The summed E-state index contributed by atoms with van der Waals surface area (Å²) >= 11 is 0. The highest BCUT2D eigenvalue weighted by molar-refractivity contribution is 7.88. The fourth-order valence-corrected chi connectivity index (χ4v) is 3.51. The number of hydrogen-bond acceptors (Lipinski definition) is 3. The van der Waals surface area contributed by atoms with Crippen LogP contribution in [0.4, 0.5) is 0 Å². The maximum absolute atomic E-state index is 10.9. The zero-order valence-electron chi connectivity index (χ0n) is 12.9. The van der Waals surface area contributed by atoms with Crippen molar-refractivity contribution < 1.29 is 8.42 Å². The second-order valence-corrected chi connectivity index (χ2v) is 13.1. The molecule has 114 valence electrons. The van der Waals surface area contributed by atoms with Crippen molar-refractivity contribution in [2.45, 2.75) is 32.6 Å². The van der Waals surface area contributed by atoms with E-state index in [1.807, 2.05) is 0 Å². The summed E-state index contributed by atoms with van der Waals surface area (Å²) in [5, 5.41) is 4.79. The van der Waals surface area contributed by atoms with E-state index in [0.29, 0.717) is 6.54 Å². The van der Waals surface area contributed by atoms with Crippen LogP contribution in [0.5, 0.6) is 0 Å². The van der Waals surface area contributed by atoms with Crippen molar-refractivity contribution in [3.05, 3.63) is 29.8 Å². The standard InChI is InChI=1S/C14H26N2O2SSi/c1-19(17,18)16-11-5-10-15-12-13-6-8-14(9-7-13)20(2,3)4/h6-9,15-16H,5,10-12H2,1-4H3. The summed E-state index contributed by atoms with van der Waals surface area (Å²) in [5.41, 5.74) is 1.27. The lowest BCUT2D eigenvalue weighted by atomic mass is 10.2. The molecule has 0 saturated carbocycles. The molecule has 20 heavy (non-hydrogen) atoms. The van der Waals surface area contributed by atoms with Crippen LogP contribution in [0.15, 0.2) is 24.3 Å². The van der Waals surface area contributed by atoms with Crippen LogP contribution >= 0.6 is 0 Å². The Balaban J connectivity index is 2.26. The highest BCUT2D eigenvalue weighted by atomic mass is 32.2. The van der Waals surface area contributed by atoms with Gasteiger partial charge in [0.15, 0.2) is 0 Å². The highest BCUT2D eigenvalue weighted by Gasteiger charge is 2.15. The molecular weight excluding hydrogens is 288 g/mol. The topological polar surface area (TPSA) is 58.2 Å².